The minimum absolute atomic E-state index is 0.0265. The summed E-state index contributed by atoms with van der Waals surface area (Å²) in [5.41, 5.74) is 1.83. The number of nitrogens with zero attached hydrogens (tertiary/aromatic N) is 3. The van der Waals surface area contributed by atoms with Crippen LogP contribution in [-0.4, -0.2) is 39.6 Å². The number of fused-ring (bicyclic) bond motifs is 1. The number of ether oxygens (including phenoxy) is 1. The Balaban J connectivity index is 1.27. The summed E-state index contributed by atoms with van der Waals surface area (Å²) in [5, 5.41) is 7.37. The second kappa shape index (κ2) is 7.82. The molecule has 7 heteroatoms. The van der Waals surface area contributed by atoms with Gasteiger partial charge in [0.2, 0.25) is 5.91 Å². The normalized spacial score (nSPS) is 16.4. The van der Waals surface area contributed by atoms with Gasteiger partial charge in [-0.05, 0) is 31.0 Å². The van der Waals surface area contributed by atoms with E-state index in [2.05, 4.69) is 10.4 Å². The zero-order valence-corrected chi connectivity index (χ0v) is 15.3. The lowest BCUT2D eigenvalue weighted by atomic mass is 9.84. The molecule has 0 saturated heterocycles. The SMILES string of the molecule is O=C(COc1ccccc1)NCc1cc2n(n1)CCN(C(=O)C1CCC1)C2. The van der Waals surface area contributed by atoms with Crippen molar-refractivity contribution < 1.29 is 14.3 Å². The Morgan fingerprint density at radius 1 is 1.19 bits per heavy atom. The molecular formula is C20H24N4O3. The average Bonchev–Trinajstić information content (AvgIpc) is 3.06. The Morgan fingerprint density at radius 3 is 2.74 bits per heavy atom. The van der Waals surface area contributed by atoms with Crippen molar-refractivity contribution in [3.63, 3.8) is 0 Å². The van der Waals surface area contributed by atoms with E-state index in [0.29, 0.717) is 31.9 Å². The molecular weight excluding hydrogens is 344 g/mol. The highest BCUT2D eigenvalue weighted by atomic mass is 16.5. The van der Waals surface area contributed by atoms with Gasteiger partial charge in [-0.3, -0.25) is 14.3 Å². The lowest BCUT2D eigenvalue weighted by Gasteiger charge is -2.34. The summed E-state index contributed by atoms with van der Waals surface area (Å²) >= 11 is 0. The van der Waals surface area contributed by atoms with Crippen LogP contribution >= 0.6 is 0 Å². The van der Waals surface area contributed by atoms with E-state index in [9.17, 15) is 9.59 Å². The molecule has 0 unspecified atom stereocenters. The van der Waals surface area contributed by atoms with Crippen molar-refractivity contribution in [3.8, 4) is 5.75 Å². The van der Waals surface area contributed by atoms with E-state index >= 15 is 0 Å². The van der Waals surface area contributed by atoms with Crippen molar-refractivity contribution >= 4 is 11.8 Å². The maximum absolute atomic E-state index is 12.4. The molecule has 0 atom stereocenters. The van der Waals surface area contributed by atoms with Gasteiger partial charge in [-0.2, -0.15) is 5.10 Å². The number of amides is 2. The number of hydrogen-bond donors (Lipinski definition) is 1. The van der Waals surface area contributed by atoms with Gasteiger partial charge in [-0.15, -0.1) is 0 Å². The van der Waals surface area contributed by atoms with E-state index in [1.807, 2.05) is 46.0 Å². The third kappa shape index (κ3) is 4.13. The van der Waals surface area contributed by atoms with Gasteiger partial charge in [-0.1, -0.05) is 24.6 Å². The average molecular weight is 368 g/mol. The summed E-state index contributed by atoms with van der Waals surface area (Å²) < 4.78 is 7.37. The zero-order valence-electron chi connectivity index (χ0n) is 15.3. The lowest BCUT2D eigenvalue weighted by Crippen LogP contribution is -2.43. The number of para-hydroxylation sites is 1. The van der Waals surface area contributed by atoms with Crippen LogP contribution in [0.3, 0.4) is 0 Å². The molecule has 0 spiro atoms. The molecule has 1 aromatic carbocycles. The fourth-order valence-corrected chi connectivity index (χ4v) is 3.42. The summed E-state index contributed by atoms with van der Waals surface area (Å²) in [6.45, 7) is 2.35. The van der Waals surface area contributed by atoms with E-state index in [4.69, 9.17) is 4.74 Å². The van der Waals surface area contributed by atoms with E-state index in [1.165, 1.54) is 6.42 Å². The number of aromatic nitrogens is 2. The predicted octanol–water partition coefficient (Wildman–Crippen LogP) is 1.72. The molecule has 0 radical (unpaired) electrons. The highest BCUT2D eigenvalue weighted by Gasteiger charge is 2.31. The van der Waals surface area contributed by atoms with Gasteiger partial charge in [0.25, 0.3) is 5.91 Å². The second-order valence-electron chi connectivity index (χ2n) is 7.12. The number of benzene rings is 1. The lowest BCUT2D eigenvalue weighted by molar-refractivity contribution is -0.139. The first-order valence-corrected chi connectivity index (χ1v) is 9.48. The summed E-state index contributed by atoms with van der Waals surface area (Å²) in [6.07, 6.45) is 3.22. The molecule has 1 aliphatic heterocycles. The standard InChI is InChI=1S/C20H24N4O3/c25-19(14-27-18-7-2-1-3-8-18)21-12-16-11-17-13-23(9-10-24(17)22-16)20(26)15-5-4-6-15/h1-3,7-8,11,15H,4-6,9-10,12-14H2,(H,21,25). The van der Waals surface area contributed by atoms with E-state index < -0.39 is 0 Å². The van der Waals surface area contributed by atoms with Crippen LogP contribution in [0.25, 0.3) is 0 Å². The monoisotopic (exact) mass is 368 g/mol. The van der Waals surface area contributed by atoms with Crippen LogP contribution in [0.4, 0.5) is 0 Å². The molecule has 4 rings (SSSR count). The van der Waals surface area contributed by atoms with Crippen molar-refractivity contribution in [1.82, 2.24) is 20.0 Å². The first-order valence-electron chi connectivity index (χ1n) is 9.48. The Hall–Kier alpha value is -2.83. The maximum Gasteiger partial charge on any atom is 0.258 e. The predicted molar refractivity (Wildman–Crippen MR) is 98.8 cm³/mol. The van der Waals surface area contributed by atoms with Gasteiger partial charge in [-0.25, -0.2) is 0 Å². The maximum atomic E-state index is 12.4. The third-order valence-corrected chi connectivity index (χ3v) is 5.19. The topological polar surface area (TPSA) is 76.5 Å². The molecule has 2 amide bonds. The third-order valence-electron chi connectivity index (χ3n) is 5.19. The number of nitrogens with one attached hydrogen (secondary N) is 1. The van der Waals surface area contributed by atoms with Crippen LogP contribution in [-0.2, 0) is 29.2 Å². The van der Waals surface area contributed by atoms with Gasteiger partial charge in [0.1, 0.15) is 5.75 Å². The van der Waals surface area contributed by atoms with E-state index in [1.54, 1.807) is 0 Å². The minimum atomic E-state index is -0.188. The Bertz CT molecular complexity index is 814. The van der Waals surface area contributed by atoms with Crippen LogP contribution < -0.4 is 10.1 Å². The van der Waals surface area contributed by atoms with Crippen LogP contribution in [0.5, 0.6) is 5.75 Å². The van der Waals surface area contributed by atoms with Gasteiger partial charge < -0.3 is 15.0 Å². The first kappa shape index (κ1) is 17.6. The van der Waals surface area contributed by atoms with Gasteiger partial charge in [0.15, 0.2) is 6.61 Å². The van der Waals surface area contributed by atoms with Crippen molar-refractivity contribution in [3.05, 3.63) is 47.8 Å². The summed E-state index contributed by atoms with van der Waals surface area (Å²) in [7, 11) is 0. The molecule has 142 valence electrons. The minimum Gasteiger partial charge on any atom is -0.484 e. The Labute approximate surface area is 158 Å². The summed E-state index contributed by atoms with van der Waals surface area (Å²) in [6, 6.07) is 11.2. The smallest absolute Gasteiger partial charge is 0.258 e. The van der Waals surface area contributed by atoms with Gasteiger partial charge in [0.05, 0.1) is 31.0 Å². The van der Waals surface area contributed by atoms with Crippen LogP contribution in [0.2, 0.25) is 0 Å². The molecule has 1 fully saturated rings. The number of carbonyl (C=O) groups is 2. The van der Waals surface area contributed by atoms with Crippen molar-refractivity contribution in [2.24, 2.45) is 5.92 Å². The van der Waals surface area contributed by atoms with Crippen LogP contribution in [0.15, 0.2) is 36.4 Å². The fraction of sp³-hybridized carbons (Fsp3) is 0.450. The molecule has 7 nitrogen and oxygen atoms in total. The molecule has 1 N–H and O–H groups in total. The quantitative estimate of drug-likeness (QED) is 0.842. The zero-order chi connectivity index (χ0) is 18.6. The highest BCUT2D eigenvalue weighted by molar-refractivity contribution is 5.79. The van der Waals surface area contributed by atoms with Crippen molar-refractivity contribution in [2.45, 2.75) is 38.9 Å². The molecule has 0 bridgehead atoms. The molecule has 2 aliphatic rings. The van der Waals surface area contributed by atoms with Crippen molar-refractivity contribution in [1.29, 1.82) is 0 Å². The summed E-state index contributed by atoms with van der Waals surface area (Å²) in [5.74, 6) is 0.984. The van der Waals surface area contributed by atoms with E-state index in [0.717, 1.165) is 24.2 Å². The number of carbonyl (C=O) groups excluding carboxylic acids is 2. The number of rotatable bonds is 6. The fourth-order valence-electron chi connectivity index (χ4n) is 3.42. The van der Waals surface area contributed by atoms with Crippen LogP contribution in [0, 0.1) is 5.92 Å². The Kier molecular flexibility index (Phi) is 5.09. The Morgan fingerprint density at radius 2 is 2.00 bits per heavy atom. The second-order valence-corrected chi connectivity index (χ2v) is 7.12. The largest absolute Gasteiger partial charge is 0.484 e. The van der Waals surface area contributed by atoms with Crippen molar-refractivity contribution in [2.75, 3.05) is 13.2 Å². The molecule has 1 saturated carbocycles. The van der Waals surface area contributed by atoms with E-state index in [-0.39, 0.29) is 24.3 Å². The highest BCUT2D eigenvalue weighted by Crippen LogP contribution is 2.29. The van der Waals surface area contributed by atoms with Gasteiger partial charge in [0, 0.05) is 12.5 Å². The molecule has 27 heavy (non-hydrogen) atoms. The molecule has 2 heterocycles. The van der Waals surface area contributed by atoms with Crippen LogP contribution in [0.1, 0.15) is 30.7 Å². The first-order chi connectivity index (χ1) is 13.2. The van der Waals surface area contributed by atoms with Gasteiger partial charge >= 0.3 is 0 Å². The number of hydrogen-bond acceptors (Lipinski definition) is 4. The molecule has 1 aromatic heterocycles. The summed E-state index contributed by atoms with van der Waals surface area (Å²) in [4.78, 5) is 26.3. The molecule has 2 aromatic rings. The molecule has 1 aliphatic carbocycles.